The molecule has 3 N–H and O–H groups in total. The Kier molecular flexibility index (Phi) is 5.73. The van der Waals surface area contributed by atoms with E-state index in [-0.39, 0.29) is 56.6 Å². The Morgan fingerprint density at radius 1 is 1.18 bits per heavy atom. The second kappa shape index (κ2) is 9.01. The molecule has 12 heteroatoms. The summed E-state index contributed by atoms with van der Waals surface area (Å²) in [6.07, 6.45) is 3.62. The van der Waals surface area contributed by atoms with Gasteiger partial charge in [-0.25, -0.2) is 18.7 Å². The number of aliphatic hydroxyl groups is 1. The van der Waals surface area contributed by atoms with Crippen molar-refractivity contribution in [1.82, 2.24) is 19.9 Å². The number of anilines is 2. The number of thiophene rings is 1. The van der Waals surface area contributed by atoms with Gasteiger partial charge in [-0.3, -0.25) is 9.88 Å². The van der Waals surface area contributed by atoms with E-state index in [1.165, 1.54) is 0 Å². The predicted molar refractivity (Wildman–Crippen MR) is 148 cm³/mol. The maximum Gasteiger partial charge on any atom is 0.226 e. The van der Waals surface area contributed by atoms with Gasteiger partial charge in [-0.15, -0.1) is 11.3 Å². The molecule has 2 fully saturated rings. The molecule has 4 aromatic rings. The molecule has 3 aliphatic rings. The minimum Gasteiger partial charge on any atom is -0.390 e. The van der Waals surface area contributed by atoms with Crippen LogP contribution in [0.15, 0.2) is 12.4 Å². The van der Waals surface area contributed by atoms with E-state index in [1.54, 1.807) is 6.20 Å². The van der Waals surface area contributed by atoms with Gasteiger partial charge in [0.25, 0.3) is 0 Å². The van der Waals surface area contributed by atoms with E-state index in [0.29, 0.717) is 29.5 Å². The summed E-state index contributed by atoms with van der Waals surface area (Å²) < 4.78 is 37.1. The van der Waals surface area contributed by atoms with Crippen LogP contribution in [0.3, 0.4) is 0 Å². The van der Waals surface area contributed by atoms with Crippen LogP contribution in [-0.2, 0) is 18.0 Å². The smallest absolute Gasteiger partial charge is 0.226 e. The van der Waals surface area contributed by atoms with Crippen molar-refractivity contribution in [2.24, 2.45) is 5.92 Å². The first-order valence-corrected chi connectivity index (χ1v) is 14.0. The Labute approximate surface area is 232 Å². The summed E-state index contributed by atoms with van der Waals surface area (Å²) in [5.41, 5.74) is 7.22. The van der Waals surface area contributed by atoms with Crippen molar-refractivity contribution in [3.05, 3.63) is 40.7 Å². The second-order valence-electron chi connectivity index (χ2n) is 11.4. The lowest BCUT2D eigenvalue weighted by Crippen LogP contribution is -2.59. The molecule has 1 aromatic carbocycles. The number of nitriles is 1. The van der Waals surface area contributed by atoms with Crippen LogP contribution in [0.2, 0.25) is 0 Å². The maximum atomic E-state index is 16.5. The van der Waals surface area contributed by atoms with E-state index in [0.717, 1.165) is 49.2 Å². The molecule has 0 aliphatic carbocycles. The lowest BCUT2D eigenvalue weighted by molar-refractivity contribution is -0.0737. The van der Waals surface area contributed by atoms with Crippen LogP contribution in [-0.4, -0.2) is 62.8 Å². The van der Waals surface area contributed by atoms with Gasteiger partial charge in [-0.05, 0) is 31.4 Å². The molecular weight excluding hydrogens is 536 g/mol. The summed E-state index contributed by atoms with van der Waals surface area (Å²) in [7, 11) is 0. The number of pyridine rings is 1. The third-order valence-corrected chi connectivity index (χ3v) is 9.63. The Bertz CT molecular complexity index is 1740. The quantitative estimate of drug-likeness (QED) is 0.380. The van der Waals surface area contributed by atoms with Crippen molar-refractivity contribution >= 4 is 43.3 Å². The maximum absolute atomic E-state index is 16.5. The van der Waals surface area contributed by atoms with Crippen molar-refractivity contribution in [2.45, 2.75) is 45.1 Å². The number of fused-ring (bicyclic) bond motifs is 4. The molecule has 2 saturated heterocycles. The molecule has 0 amide bonds. The van der Waals surface area contributed by atoms with Crippen molar-refractivity contribution in [2.75, 3.05) is 36.8 Å². The van der Waals surface area contributed by atoms with E-state index >= 15 is 4.39 Å². The zero-order chi connectivity index (χ0) is 27.9. The van der Waals surface area contributed by atoms with E-state index < -0.39 is 17.2 Å². The highest BCUT2D eigenvalue weighted by Crippen LogP contribution is 2.45. The zero-order valence-electron chi connectivity index (χ0n) is 22.0. The monoisotopic (exact) mass is 563 g/mol. The van der Waals surface area contributed by atoms with Crippen molar-refractivity contribution in [3.8, 4) is 17.3 Å². The number of hydrogen-bond donors (Lipinski definition) is 2. The molecule has 0 unspecified atom stereocenters. The Balaban J connectivity index is 1.30. The second-order valence-corrected chi connectivity index (χ2v) is 12.4. The number of ether oxygens (including phenoxy) is 1. The number of nitrogen functional groups attached to an aromatic ring is 1. The van der Waals surface area contributed by atoms with E-state index in [1.807, 2.05) is 19.9 Å². The summed E-state index contributed by atoms with van der Waals surface area (Å²) in [6, 6.07) is 2.35. The fourth-order valence-electron chi connectivity index (χ4n) is 6.17. The SMILES string of the molecule is CC(C)(O)C1CN([C@@H]2CCN(c3ncc4c5c(c(-c6ncc(F)c7sc(N)c(C#N)c67)c(F)c4n3)COC5)C2)C1. The van der Waals surface area contributed by atoms with Crippen LogP contribution in [0.5, 0.6) is 0 Å². The Hall–Kier alpha value is -3.50. The Morgan fingerprint density at radius 3 is 2.70 bits per heavy atom. The minimum atomic E-state index is -0.691. The highest BCUT2D eigenvalue weighted by atomic mass is 32.1. The molecule has 206 valence electrons. The summed E-state index contributed by atoms with van der Waals surface area (Å²) in [4.78, 5) is 18.0. The third-order valence-electron chi connectivity index (χ3n) is 8.60. The number of halogens is 2. The van der Waals surface area contributed by atoms with Crippen LogP contribution in [0, 0.1) is 28.9 Å². The number of benzene rings is 1. The molecule has 0 radical (unpaired) electrons. The van der Waals surface area contributed by atoms with Crippen LogP contribution >= 0.6 is 11.3 Å². The summed E-state index contributed by atoms with van der Waals surface area (Å²) in [6.45, 7) is 7.26. The molecule has 40 heavy (non-hydrogen) atoms. The van der Waals surface area contributed by atoms with Crippen LogP contribution in [0.4, 0.5) is 19.7 Å². The number of likely N-dealkylation sites (tertiary alicyclic amines) is 1. The first-order valence-electron chi connectivity index (χ1n) is 13.2. The topological polar surface area (TPSA) is 124 Å². The van der Waals surface area contributed by atoms with Crippen molar-refractivity contribution in [1.29, 1.82) is 5.26 Å². The van der Waals surface area contributed by atoms with Gasteiger partial charge in [0.1, 0.15) is 16.6 Å². The van der Waals surface area contributed by atoms with Gasteiger partial charge < -0.3 is 20.5 Å². The third kappa shape index (κ3) is 3.76. The Morgan fingerprint density at radius 2 is 1.95 bits per heavy atom. The van der Waals surface area contributed by atoms with Gasteiger partial charge in [0, 0.05) is 60.7 Å². The van der Waals surface area contributed by atoms with Gasteiger partial charge in [-0.1, -0.05) is 0 Å². The first kappa shape index (κ1) is 25.5. The largest absolute Gasteiger partial charge is 0.390 e. The molecule has 3 aromatic heterocycles. The van der Waals surface area contributed by atoms with Crippen LogP contribution in [0.25, 0.3) is 32.2 Å². The number of hydrogen-bond acceptors (Lipinski definition) is 10. The van der Waals surface area contributed by atoms with E-state index in [4.69, 9.17) is 15.5 Å². The average Bonchev–Trinajstić information content (AvgIpc) is 3.62. The fraction of sp³-hybridized carbons (Fsp3) is 0.429. The normalized spacial score (nSPS) is 19.9. The van der Waals surface area contributed by atoms with Gasteiger partial charge in [-0.2, -0.15) is 5.26 Å². The lowest BCUT2D eigenvalue weighted by Gasteiger charge is -2.48. The van der Waals surface area contributed by atoms with Gasteiger partial charge in [0.05, 0.1) is 41.0 Å². The molecule has 6 heterocycles. The van der Waals surface area contributed by atoms with Gasteiger partial charge >= 0.3 is 0 Å². The molecule has 0 saturated carbocycles. The molecule has 3 aliphatic heterocycles. The summed E-state index contributed by atoms with van der Waals surface area (Å²) in [5.74, 6) is -0.534. The predicted octanol–water partition coefficient (Wildman–Crippen LogP) is 3.95. The number of rotatable bonds is 4. The van der Waals surface area contributed by atoms with Crippen LogP contribution in [0.1, 0.15) is 37.0 Å². The highest BCUT2D eigenvalue weighted by Gasteiger charge is 2.42. The molecule has 0 spiro atoms. The number of aromatic nitrogens is 3. The first-order chi connectivity index (χ1) is 19.2. The molecule has 9 nitrogen and oxygen atoms in total. The fourth-order valence-corrected chi connectivity index (χ4v) is 7.09. The zero-order valence-corrected chi connectivity index (χ0v) is 22.9. The summed E-state index contributed by atoms with van der Waals surface area (Å²) >= 11 is 0.948. The van der Waals surface area contributed by atoms with Crippen LogP contribution < -0.4 is 10.6 Å². The van der Waals surface area contributed by atoms with E-state index in [9.17, 15) is 14.8 Å². The number of nitrogens with two attached hydrogens (primary N) is 1. The number of nitrogens with zero attached hydrogens (tertiary/aromatic N) is 6. The molecule has 7 rings (SSSR count). The van der Waals surface area contributed by atoms with E-state index in [2.05, 4.69) is 19.8 Å². The van der Waals surface area contributed by atoms with Gasteiger partial charge in [0.15, 0.2) is 11.6 Å². The standard InChI is InChI=1S/C28H27F2N7O2S/c1-28(2,38)13-8-37(9-13)14-3-4-36(10-14)27-34-6-16-17-11-39-12-18(17)20(22(30)23(16)35-27)24-21-15(5-31)26(32)40-25(21)19(29)7-33-24/h6-7,13-14,38H,3-4,8-12,32H2,1-2H3/t14-/m1/s1. The molecule has 0 bridgehead atoms. The lowest BCUT2D eigenvalue weighted by atomic mass is 9.83. The average molecular weight is 564 g/mol. The van der Waals surface area contributed by atoms with Gasteiger partial charge in [0.2, 0.25) is 5.95 Å². The minimum absolute atomic E-state index is 0.0819. The van der Waals surface area contributed by atoms with Crippen molar-refractivity contribution in [3.63, 3.8) is 0 Å². The molecule has 1 atom stereocenters. The molecular formula is C28H27F2N7O2S. The summed E-state index contributed by atoms with van der Waals surface area (Å²) in [5, 5.41) is 21.0. The van der Waals surface area contributed by atoms with Crippen molar-refractivity contribution < 1.29 is 18.6 Å². The highest BCUT2D eigenvalue weighted by molar-refractivity contribution is 7.23.